The molecule has 0 aromatic carbocycles. The number of hydrogen-bond donors (Lipinski definition) is 2. The zero-order chi connectivity index (χ0) is 9.80. The zero-order valence-electron chi connectivity index (χ0n) is 7.83. The number of rotatable bonds is 3. The molecule has 0 spiro atoms. The number of aromatic nitrogens is 2. The summed E-state index contributed by atoms with van der Waals surface area (Å²) in [6.45, 7) is 2.02. The summed E-state index contributed by atoms with van der Waals surface area (Å²) in [6.07, 6.45) is 4.14. The standard InChI is InChI=1S/C9H13ClN4/c10-9-12-5-3-8(14-9)13-6-7-2-1-4-11-7/h3,5,7,11H,1-2,4,6H2,(H,12,13,14)/t7-/m1/s1. The largest absolute Gasteiger partial charge is 0.368 e. The van der Waals surface area contributed by atoms with Crippen molar-refractivity contribution >= 4 is 17.4 Å². The molecule has 0 saturated carbocycles. The lowest BCUT2D eigenvalue weighted by atomic mass is 10.2. The predicted molar refractivity (Wildman–Crippen MR) is 56.6 cm³/mol. The van der Waals surface area contributed by atoms with Crippen molar-refractivity contribution in [1.29, 1.82) is 0 Å². The Hall–Kier alpha value is -0.870. The highest BCUT2D eigenvalue weighted by Crippen LogP contribution is 2.08. The summed E-state index contributed by atoms with van der Waals surface area (Å²) in [7, 11) is 0. The van der Waals surface area contributed by atoms with Crippen LogP contribution < -0.4 is 10.6 Å². The Kier molecular flexibility index (Phi) is 3.16. The molecule has 0 amide bonds. The first-order chi connectivity index (χ1) is 6.84. The van der Waals surface area contributed by atoms with Gasteiger partial charge in [-0.05, 0) is 37.1 Å². The van der Waals surface area contributed by atoms with Gasteiger partial charge in [0.1, 0.15) is 5.82 Å². The third-order valence-corrected chi connectivity index (χ3v) is 2.50. The molecule has 14 heavy (non-hydrogen) atoms. The highest BCUT2D eigenvalue weighted by atomic mass is 35.5. The Morgan fingerprint density at radius 1 is 1.64 bits per heavy atom. The van der Waals surface area contributed by atoms with E-state index in [1.165, 1.54) is 12.8 Å². The van der Waals surface area contributed by atoms with Crippen LogP contribution in [0.25, 0.3) is 0 Å². The average Bonchev–Trinajstić information content (AvgIpc) is 2.67. The molecular weight excluding hydrogens is 200 g/mol. The van der Waals surface area contributed by atoms with Crippen molar-refractivity contribution in [3.63, 3.8) is 0 Å². The van der Waals surface area contributed by atoms with Crippen LogP contribution in [-0.4, -0.2) is 29.1 Å². The Morgan fingerprint density at radius 3 is 3.29 bits per heavy atom. The molecule has 2 N–H and O–H groups in total. The van der Waals surface area contributed by atoms with Gasteiger partial charge >= 0.3 is 0 Å². The van der Waals surface area contributed by atoms with Gasteiger partial charge < -0.3 is 10.6 Å². The van der Waals surface area contributed by atoms with Crippen LogP contribution >= 0.6 is 11.6 Å². The van der Waals surface area contributed by atoms with Gasteiger partial charge in [0, 0.05) is 18.8 Å². The first kappa shape index (κ1) is 9.68. The number of hydrogen-bond acceptors (Lipinski definition) is 4. The highest BCUT2D eigenvalue weighted by molar-refractivity contribution is 6.28. The molecular formula is C9H13ClN4. The average molecular weight is 213 g/mol. The van der Waals surface area contributed by atoms with Crippen molar-refractivity contribution in [2.45, 2.75) is 18.9 Å². The van der Waals surface area contributed by atoms with Gasteiger partial charge in [0.05, 0.1) is 0 Å². The number of halogens is 1. The molecule has 0 unspecified atom stereocenters. The van der Waals surface area contributed by atoms with Gasteiger partial charge in [-0.15, -0.1) is 0 Å². The molecule has 1 fully saturated rings. The van der Waals surface area contributed by atoms with Gasteiger partial charge in [0.2, 0.25) is 5.28 Å². The zero-order valence-corrected chi connectivity index (χ0v) is 8.59. The summed E-state index contributed by atoms with van der Waals surface area (Å²) in [5, 5.41) is 6.92. The number of anilines is 1. The molecule has 76 valence electrons. The van der Waals surface area contributed by atoms with Crippen molar-refractivity contribution in [1.82, 2.24) is 15.3 Å². The summed E-state index contributed by atoms with van der Waals surface area (Å²) >= 11 is 5.66. The lowest BCUT2D eigenvalue weighted by Gasteiger charge is -2.11. The van der Waals surface area contributed by atoms with E-state index < -0.39 is 0 Å². The summed E-state index contributed by atoms with van der Waals surface area (Å²) in [6, 6.07) is 2.38. The maximum absolute atomic E-state index is 5.66. The minimum absolute atomic E-state index is 0.286. The van der Waals surface area contributed by atoms with Crippen LogP contribution in [0.15, 0.2) is 12.3 Å². The van der Waals surface area contributed by atoms with Crippen LogP contribution in [0.3, 0.4) is 0 Å². The van der Waals surface area contributed by atoms with Crippen LogP contribution in [-0.2, 0) is 0 Å². The minimum Gasteiger partial charge on any atom is -0.368 e. The van der Waals surface area contributed by atoms with Crippen LogP contribution in [0.5, 0.6) is 0 Å². The molecule has 0 radical (unpaired) electrons. The third kappa shape index (κ3) is 2.56. The quantitative estimate of drug-likeness (QED) is 0.742. The van der Waals surface area contributed by atoms with E-state index in [1.807, 2.05) is 6.07 Å². The van der Waals surface area contributed by atoms with Crippen molar-refractivity contribution in [2.24, 2.45) is 0 Å². The molecule has 0 aliphatic carbocycles. The van der Waals surface area contributed by atoms with Crippen molar-refractivity contribution in [2.75, 3.05) is 18.4 Å². The van der Waals surface area contributed by atoms with E-state index >= 15 is 0 Å². The first-order valence-electron chi connectivity index (χ1n) is 4.80. The summed E-state index contributed by atoms with van der Waals surface area (Å²) in [5.74, 6) is 0.790. The van der Waals surface area contributed by atoms with Gasteiger partial charge in [-0.2, -0.15) is 0 Å². The van der Waals surface area contributed by atoms with Gasteiger partial charge in [0.15, 0.2) is 0 Å². The lowest BCUT2D eigenvalue weighted by molar-refractivity contribution is 0.632. The normalized spacial score (nSPS) is 21.1. The number of nitrogens with zero attached hydrogens (tertiary/aromatic N) is 2. The minimum atomic E-state index is 0.286. The topological polar surface area (TPSA) is 49.8 Å². The molecule has 1 aromatic heterocycles. The van der Waals surface area contributed by atoms with E-state index in [4.69, 9.17) is 11.6 Å². The Labute approximate surface area is 88.1 Å². The van der Waals surface area contributed by atoms with Crippen LogP contribution in [0.4, 0.5) is 5.82 Å². The van der Waals surface area contributed by atoms with Crippen LogP contribution in [0.2, 0.25) is 5.28 Å². The van der Waals surface area contributed by atoms with E-state index in [9.17, 15) is 0 Å². The van der Waals surface area contributed by atoms with E-state index in [2.05, 4.69) is 20.6 Å². The van der Waals surface area contributed by atoms with Crippen LogP contribution in [0, 0.1) is 0 Å². The lowest BCUT2D eigenvalue weighted by Crippen LogP contribution is -2.29. The van der Waals surface area contributed by atoms with Gasteiger partial charge in [-0.3, -0.25) is 0 Å². The second-order valence-corrected chi connectivity index (χ2v) is 3.72. The van der Waals surface area contributed by atoms with Gasteiger partial charge in [-0.25, -0.2) is 9.97 Å². The van der Waals surface area contributed by atoms with E-state index in [1.54, 1.807) is 6.20 Å². The molecule has 1 aliphatic rings. The summed E-state index contributed by atoms with van der Waals surface area (Å²) in [5.41, 5.74) is 0. The molecule has 1 aromatic rings. The SMILES string of the molecule is Clc1nccc(NC[C@H]2CCCN2)n1. The predicted octanol–water partition coefficient (Wildman–Crippen LogP) is 1.29. The third-order valence-electron chi connectivity index (χ3n) is 2.32. The molecule has 1 atom stereocenters. The highest BCUT2D eigenvalue weighted by Gasteiger charge is 2.13. The van der Waals surface area contributed by atoms with E-state index in [-0.39, 0.29) is 5.28 Å². The Morgan fingerprint density at radius 2 is 2.57 bits per heavy atom. The molecule has 2 rings (SSSR count). The van der Waals surface area contributed by atoms with Crippen molar-refractivity contribution in [3.8, 4) is 0 Å². The molecule has 1 saturated heterocycles. The summed E-state index contributed by atoms with van der Waals surface area (Å²) in [4.78, 5) is 7.87. The van der Waals surface area contributed by atoms with Crippen molar-refractivity contribution < 1.29 is 0 Å². The first-order valence-corrected chi connectivity index (χ1v) is 5.18. The van der Waals surface area contributed by atoms with E-state index in [0.717, 1.165) is 18.9 Å². The van der Waals surface area contributed by atoms with Crippen LogP contribution in [0.1, 0.15) is 12.8 Å². The molecule has 1 aliphatic heterocycles. The van der Waals surface area contributed by atoms with E-state index in [0.29, 0.717) is 6.04 Å². The molecule has 5 heteroatoms. The van der Waals surface area contributed by atoms with Gasteiger partial charge in [-0.1, -0.05) is 0 Å². The molecule has 0 bridgehead atoms. The smallest absolute Gasteiger partial charge is 0.224 e. The van der Waals surface area contributed by atoms with Crippen molar-refractivity contribution in [3.05, 3.63) is 17.5 Å². The van der Waals surface area contributed by atoms with Gasteiger partial charge in [0.25, 0.3) is 0 Å². The summed E-state index contributed by atoms with van der Waals surface area (Å²) < 4.78 is 0. The maximum atomic E-state index is 5.66. The second-order valence-electron chi connectivity index (χ2n) is 3.39. The Balaban J connectivity index is 1.85. The number of nitrogens with one attached hydrogen (secondary N) is 2. The monoisotopic (exact) mass is 212 g/mol. The second kappa shape index (κ2) is 4.57. The fourth-order valence-electron chi connectivity index (χ4n) is 1.59. The fourth-order valence-corrected chi connectivity index (χ4v) is 1.74. The Bertz CT molecular complexity index is 299. The molecule has 4 nitrogen and oxygen atoms in total. The maximum Gasteiger partial charge on any atom is 0.224 e. The molecule has 2 heterocycles. The fraction of sp³-hybridized carbons (Fsp3) is 0.556.